The molecule has 7 heteroatoms. The maximum atomic E-state index is 10.6. The number of rotatable bonds is 3. The SMILES string of the molecule is C[C@H]1CCc2c(sc3nc(SCC(=O)O)nc(N)c23)C1. The number of aromatic nitrogens is 2. The quantitative estimate of drug-likeness (QED) is 0.669. The van der Waals surface area contributed by atoms with Crippen molar-refractivity contribution in [1.29, 1.82) is 0 Å². The van der Waals surface area contributed by atoms with E-state index in [0.717, 1.165) is 34.8 Å². The highest BCUT2D eigenvalue weighted by Gasteiger charge is 2.23. The van der Waals surface area contributed by atoms with Crippen LogP contribution in [0.15, 0.2) is 5.16 Å². The van der Waals surface area contributed by atoms with Crippen molar-refractivity contribution in [2.45, 2.75) is 31.3 Å². The van der Waals surface area contributed by atoms with Gasteiger partial charge >= 0.3 is 5.97 Å². The van der Waals surface area contributed by atoms with Crippen LogP contribution in [0, 0.1) is 5.92 Å². The first-order valence-corrected chi connectivity index (χ1v) is 8.27. The fraction of sp³-hybridized carbons (Fsp3) is 0.462. The Hall–Kier alpha value is -1.34. The molecule has 2 aromatic heterocycles. The lowest BCUT2D eigenvalue weighted by Gasteiger charge is -2.17. The molecule has 5 nitrogen and oxygen atoms in total. The molecular formula is C13H15N3O2S2. The number of fused-ring (bicyclic) bond motifs is 3. The lowest BCUT2D eigenvalue weighted by atomic mass is 9.89. The average molecular weight is 309 g/mol. The number of nitrogens with two attached hydrogens (primary N) is 1. The molecule has 2 aromatic rings. The second-order valence-electron chi connectivity index (χ2n) is 5.11. The Morgan fingerprint density at radius 2 is 2.35 bits per heavy atom. The van der Waals surface area contributed by atoms with E-state index in [1.165, 1.54) is 16.9 Å². The van der Waals surface area contributed by atoms with Crippen molar-refractivity contribution >= 4 is 45.1 Å². The number of thioether (sulfide) groups is 1. The van der Waals surface area contributed by atoms with Crippen LogP contribution in [-0.2, 0) is 17.6 Å². The summed E-state index contributed by atoms with van der Waals surface area (Å²) in [5.74, 6) is 0.254. The normalized spacial score (nSPS) is 18.1. The third-order valence-corrected chi connectivity index (χ3v) is 5.47. The van der Waals surface area contributed by atoms with Crippen molar-refractivity contribution in [2.75, 3.05) is 11.5 Å². The van der Waals surface area contributed by atoms with Gasteiger partial charge in [0.05, 0.1) is 11.1 Å². The molecule has 1 atom stereocenters. The lowest BCUT2D eigenvalue weighted by molar-refractivity contribution is -0.133. The van der Waals surface area contributed by atoms with Crippen molar-refractivity contribution < 1.29 is 9.90 Å². The van der Waals surface area contributed by atoms with Crippen molar-refractivity contribution in [3.05, 3.63) is 10.4 Å². The minimum absolute atomic E-state index is 0.0485. The number of aliphatic carboxylic acids is 1. The molecule has 0 unspecified atom stereocenters. The van der Waals surface area contributed by atoms with Gasteiger partial charge in [-0.3, -0.25) is 4.79 Å². The third kappa shape index (κ3) is 2.47. The molecule has 1 aliphatic carbocycles. The Labute approximate surface area is 124 Å². The second kappa shape index (κ2) is 5.21. The number of nitrogens with zero attached hydrogens (tertiary/aromatic N) is 2. The third-order valence-electron chi connectivity index (χ3n) is 3.49. The number of aryl methyl sites for hydroxylation is 1. The highest BCUT2D eigenvalue weighted by molar-refractivity contribution is 7.99. The number of hydrogen-bond donors (Lipinski definition) is 2. The highest BCUT2D eigenvalue weighted by Crippen LogP contribution is 2.39. The number of carboxylic acid groups (broad SMARTS) is 1. The van der Waals surface area contributed by atoms with Gasteiger partial charge in [-0.25, -0.2) is 9.97 Å². The fourth-order valence-electron chi connectivity index (χ4n) is 2.54. The van der Waals surface area contributed by atoms with Gasteiger partial charge in [-0.2, -0.15) is 0 Å². The first kappa shape index (κ1) is 13.6. The summed E-state index contributed by atoms with van der Waals surface area (Å²) < 4.78 is 0. The fourth-order valence-corrected chi connectivity index (χ4v) is 4.56. The second-order valence-corrected chi connectivity index (χ2v) is 7.13. The van der Waals surface area contributed by atoms with Gasteiger partial charge in [0.2, 0.25) is 0 Å². The summed E-state index contributed by atoms with van der Waals surface area (Å²) >= 11 is 2.78. The molecule has 0 aliphatic heterocycles. The summed E-state index contributed by atoms with van der Waals surface area (Å²) in [5.41, 5.74) is 7.36. The lowest BCUT2D eigenvalue weighted by Crippen LogP contribution is -2.09. The Balaban J connectivity index is 2.02. The molecule has 2 heterocycles. The van der Waals surface area contributed by atoms with Gasteiger partial charge in [-0.1, -0.05) is 18.7 Å². The number of thiophene rings is 1. The van der Waals surface area contributed by atoms with E-state index >= 15 is 0 Å². The molecule has 0 fully saturated rings. The Bertz CT molecular complexity index is 684. The van der Waals surface area contributed by atoms with Crippen LogP contribution < -0.4 is 5.73 Å². The summed E-state index contributed by atoms with van der Waals surface area (Å²) in [6.07, 6.45) is 3.28. The molecule has 0 amide bonds. The molecule has 3 N–H and O–H groups in total. The first-order valence-electron chi connectivity index (χ1n) is 6.47. The number of nitrogen functional groups attached to an aromatic ring is 1. The zero-order valence-corrected chi connectivity index (χ0v) is 12.7. The monoisotopic (exact) mass is 309 g/mol. The van der Waals surface area contributed by atoms with Gasteiger partial charge in [-0.05, 0) is 30.7 Å². The molecule has 3 rings (SSSR count). The molecule has 0 spiro atoms. The molecule has 106 valence electrons. The predicted molar refractivity (Wildman–Crippen MR) is 81.4 cm³/mol. The van der Waals surface area contributed by atoms with E-state index in [9.17, 15) is 4.79 Å². The van der Waals surface area contributed by atoms with Crippen LogP contribution in [0.4, 0.5) is 5.82 Å². The van der Waals surface area contributed by atoms with E-state index in [0.29, 0.717) is 16.9 Å². The van der Waals surface area contributed by atoms with Crippen LogP contribution >= 0.6 is 23.1 Å². The van der Waals surface area contributed by atoms with E-state index in [1.807, 2.05) is 0 Å². The van der Waals surface area contributed by atoms with E-state index in [-0.39, 0.29) is 5.75 Å². The van der Waals surface area contributed by atoms with Crippen LogP contribution in [0.5, 0.6) is 0 Å². The molecule has 1 aliphatic rings. The van der Waals surface area contributed by atoms with E-state index in [1.54, 1.807) is 11.3 Å². The van der Waals surface area contributed by atoms with Crippen molar-refractivity contribution in [3.8, 4) is 0 Å². The predicted octanol–water partition coefficient (Wildman–Crippen LogP) is 2.58. The molecular weight excluding hydrogens is 294 g/mol. The summed E-state index contributed by atoms with van der Waals surface area (Å²) in [6.45, 7) is 2.26. The van der Waals surface area contributed by atoms with Crippen molar-refractivity contribution in [1.82, 2.24) is 9.97 Å². The summed E-state index contributed by atoms with van der Waals surface area (Å²) in [4.78, 5) is 21.6. The Morgan fingerprint density at radius 1 is 1.55 bits per heavy atom. The van der Waals surface area contributed by atoms with E-state index in [4.69, 9.17) is 10.8 Å². The number of carbonyl (C=O) groups is 1. The van der Waals surface area contributed by atoms with Gasteiger partial charge in [-0.15, -0.1) is 11.3 Å². The summed E-state index contributed by atoms with van der Waals surface area (Å²) in [7, 11) is 0. The molecule has 0 radical (unpaired) electrons. The summed E-state index contributed by atoms with van der Waals surface area (Å²) in [5, 5.41) is 10.1. The van der Waals surface area contributed by atoms with Crippen LogP contribution in [0.25, 0.3) is 10.2 Å². The topological polar surface area (TPSA) is 89.1 Å². The minimum Gasteiger partial charge on any atom is -0.481 e. The molecule has 0 bridgehead atoms. The molecule has 20 heavy (non-hydrogen) atoms. The van der Waals surface area contributed by atoms with Crippen molar-refractivity contribution in [2.24, 2.45) is 5.92 Å². The Kier molecular flexibility index (Phi) is 3.55. The molecule has 0 saturated carbocycles. The standard InChI is InChI=1S/C13H15N3O2S2/c1-6-2-3-7-8(4-6)20-12-10(7)11(14)15-13(16-12)19-5-9(17)18/h6H,2-5H2,1H3,(H,17,18)(H2,14,15,16)/t6-/m0/s1. The first-order chi connectivity index (χ1) is 9.54. The highest BCUT2D eigenvalue weighted by atomic mass is 32.2. The van der Waals surface area contributed by atoms with E-state index in [2.05, 4.69) is 16.9 Å². The van der Waals surface area contributed by atoms with Crippen LogP contribution in [0.1, 0.15) is 23.8 Å². The molecule has 0 saturated heterocycles. The average Bonchev–Trinajstić information content (AvgIpc) is 2.73. The molecule has 0 aromatic carbocycles. The number of hydrogen-bond acceptors (Lipinski definition) is 6. The van der Waals surface area contributed by atoms with Gasteiger partial charge in [0.1, 0.15) is 10.6 Å². The van der Waals surface area contributed by atoms with Gasteiger partial charge in [0, 0.05) is 4.88 Å². The smallest absolute Gasteiger partial charge is 0.313 e. The Morgan fingerprint density at radius 3 is 3.10 bits per heavy atom. The minimum atomic E-state index is -0.878. The zero-order valence-electron chi connectivity index (χ0n) is 11.0. The van der Waals surface area contributed by atoms with Crippen molar-refractivity contribution in [3.63, 3.8) is 0 Å². The van der Waals surface area contributed by atoms with Gasteiger partial charge < -0.3 is 10.8 Å². The zero-order chi connectivity index (χ0) is 14.3. The number of anilines is 1. The maximum absolute atomic E-state index is 10.6. The van der Waals surface area contributed by atoms with Gasteiger partial charge in [0.25, 0.3) is 0 Å². The number of carboxylic acids is 1. The summed E-state index contributed by atoms with van der Waals surface area (Å²) in [6, 6.07) is 0. The van der Waals surface area contributed by atoms with Crippen LogP contribution in [-0.4, -0.2) is 26.8 Å². The largest absolute Gasteiger partial charge is 0.481 e. The van der Waals surface area contributed by atoms with E-state index < -0.39 is 5.97 Å². The van der Waals surface area contributed by atoms with Crippen LogP contribution in [0.2, 0.25) is 0 Å². The maximum Gasteiger partial charge on any atom is 0.313 e. The van der Waals surface area contributed by atoms with Crippen LogP contribution in [0.3, 0.4) is 0 Å². The van der Waals surface area contributed by atoms with Gasteiger partial charge in [0.15, 0.2) is 5.16 Å².